The zero-order valence-electron chi connectivity index (χ0n) is 12.6. The molecule has 1 N–H and O–H groups in total. The van der Waals surface area contributed by atoms with Crippen LogP contribution in [0, 0.1) is 20.8 Å². The Kier molecular flexibility index (Phi) is 3.92. The van der Waals surface area contributed by atoms with Gasteiger partial charge in [-0.3, -0.25) is 9.48 Å². The molecular weight excluding hydrogens is 254 g/mol. The smallest absolute Gasteiger partial charge is 0.247 e. The minimum atomic E-state index is -0.315. The van der Waals surface area contributed by atoms with Crippen LogP contribution < -0.4 is 0 Å². The topological polar surface area (TPSA) is 66.8 Å². The summed E-state index contributed by atoms with van der Waals surface area (Å²) in [4.78, 5) is 21.5. The molecule has 0 aromatic carbocycles. The standard InChI is InChI=1S/C14H21N5O/c1-9-6-11(3)19(17-9)12(4)14(20)18(5)8-13-15-7-10(2)16-13/h6-7,12H,8H2,1-5H3,(H,15,16). The maximum Gasteiger partial charge on any atom is 0.247 e. The first-order valence-corrected chi connectivity index (χ1v) is 6.66. The van der Waals surface area contributed by atoms with Crippen molar-refractivity contribution in [2.45, 2.75) is 40.3 Å². The molecular formula is C14H21N5O. The molecule has 0 bridgehead atoms. The van der Waals surface area contributed by atoms with Crippen LogP contribution in [-0.2, 0) is 11.3 Å². The quantitative estimate of drug-likeness (QED) is 0.924. The molecule has 2 heterocycles. The predicted molar refractivity (Wildman–Crippen MR) is 76.2 cm³/mol. The molecule has 0 radical (unpaired) electrons. The number of hydrogen-bond donors (Lipinski definition) is 1. The van der Waals surface area contributed by atoms with Crippen molar-refractivity contribution in [3.05, 3.63) is 35.2 Å². The minimum absolute atomic E-state index is 0.0188. The summed E-state index contributed by atoms with van der Waals surface area (Å²) in [5.74, 6) is 0.809. The molecule has 0 aliphatic rings. The van der Waals surface area contributed by atoms with E-state index in [2.05, 4.69) is 15.1 Å². The van der Waals surface area contributed by atoms with Crippen molar-refractivity contribution in [1.82, 2.24) is 24.6 Å². The number of aromatic nitrogens is 4. The molecule has 0 saturated carbocycles. The number of nitrogens with one attached hydrogen (secondary N) is 1. The number of amides is 1. The Labute approximate surface area is 118 Å². The summed E-state index contributed by atoms with van der Waals surface area (Å²) in [5, 5.41) is 4.37. The van der Waals surface area contributed by atoms with Gasteiger partial charge in [-0.25, -0.2) is 4.98 Å². The van der Waals surface area contributed by atoms with Crippen molar-refractivity contribution in [3.8, 4) is 0 Å². The third kappa shape index (κ3) is 2.89. The van der Waals surface area contributed by atoms with E-state index in [0.29, 0.717) is 6.54 Å². The molecule has 0 aliphatic carbocycles. The van der Waals surface area contributed by atoms with Crippen LogP contribution in [0.4, 0.5) is 0 Å². The first-order chi connectivity index (χ1) is 9.38. The molecule has 1 amide bonds. The molecule has 0 fully saturated rings. The van der Waals surface area contributed by atoms with Crippen LogP contribution in [-0.4, -0.2) is 37.6 Å². The summed E-state index contributed by atoms with van der Waals surface area (Å²) in [5.41, 5.74) is 2.91. The van der Waals surface area contributed by atoms with Gasteiger partial charge in [0.05, 0.1) is 12.2 Å². The summed E-state index contributed by atoms with van der Waals surface area (Å²) in [6.07, 6.45) is 1.76. The predicted octanol–water partition coefficient (Wildman–Crippen LogP) is 1.75. The van der Waals surface area contributed by atoms with Crippen LogP contribution in [0.5, 0.6) is 0 Å². The van der Waals surface area contributed by atoms with Crippen LogP contribution in [0.1, 0.15) is 35.9 Å². The zero-order chi connectivity index (χ0) is 14.9. The van der Waals surface area contributed by atoms with E-state index in [0.717, 1.165) is 22.9 Å². The van der Waals surface area contributed by atoms with Crippen LogP contribution >= 0.6 is 0 Å². The number of nitrogens with zero attached hydrogens (tertiary/aromatic N) is 4. The third-order valence-corrected chi connectivity index (χ3v) is 3.29. The molecule has 20 heavy (non-hydrogen) atoms. The van der Waals surface area contributed by atoms with E-state index in [9.17, 15) is 4.79 Å². The Morgan fingerprint density at radius 2 is 2.15 bits per heavy atom. The van der Waals surface area contributed by atoms with Crippen molar-refractivity contribution in [3.63, 3.8) is 0 Å². The molecule has 2 aromatic rings. The molecule has 6 heteroatoms. The van der Waals surface area contributed by atoms with Gasteiger partial charge in [0.1, 0.15) is 11.9 Å². The fourth-order valence-electron chi connectivity index (χ4n) is 2.31. The molecule has 0 saturated heterocycles. The van der Waals surface area contributed by atoms with Crippen molar-refractivity contribution in [2.75, 3.05) is 7.05 Å². The van der Waals surface area contributed by atoms with Crippen LogP contribution in [0.25, 0.3) is 0 Å². The van der Waals surface area contributed by atoms with E-state index >= 15 is 0 Å². The average Bonchev–Trinajstić information content (AvgIpc) is 2.93. The lowest BCUT2D eigenvalue weighted by atomic mass is 10.3. The Balaban J connectivity index is 2.08. The number of likely N-dealkylation sites (N-methyl/N-ethyl adjacent to an activating group) is 1. The van der Waals surface area contributed by atoms with E-state index in [1.807, 2.05) is 33.8 Å². The molecule has 2 aromatic heterocycles. The van der Waals surface area contributed by atoms with E-state index in [1.54, 1.807) is 22.8 Å². The highest BCUT2D eigenvalue weighted by Gasteiger charge is 2.22. The minimum Gasteiger partial charge on any atom is -0.345 e. The number of carbonyl (C=O) groups is 1. The summed E-state index contributed by atoms with van der Waals surface area (Å²) in [6, 6.07) is 1.66. The number of hydrogen-bond acceptors (Lipinski definition) is 3. The second-order valence-corrected chi connectivity index (χ2v) is 5.25. The van der Waals surface area contributed by atoms with Gasteiger partial charge in [0, 0.05) is 24.6 Å². The lowest BCUT2D eigenvalue weighted by Gasteiger charge is -2.21. The lowest BCUT2D eigenvalue weighted by Crippen LogP contribution is -2.33. The number of aryl methyl sites for hydroxylation is 3. The monoisotopic (exact) mass is 275 g/mol. The normalized spacial score (nSPS) is 12.4. The molecule has 2 rings (SSSR count). The van der Waals surface area contributed by atoms with Crippen molar-refractivity contribution < 1.29 is 4.79 Å². The molecule has 1 unspecified atom stereocenters. The molecule has 108 valence electrons. The van der Waals surface area contributed by atoms with Gasteiger partial charge in [0.2, 0.25) is 5.91 Å². The third-order valence-electron chi connectivity index (χ3n) is 3.29. The number of carbonyl (C=O) groups excluding carboxylic acids is 1. The number of rotatable bonds is 4. The van der Waals surface area contributed by atoms with Gasteiger partial charge in [0.15, 0.2) is 0 Å². The molecule has 0 aliphatic heterocycles. The van der Waals surface area contributed by atoms with Gasteiger partial charge in [-0.15, -0.1) is 0 Å². The highest BCUT2D eigenvalue weighted by molar-refractivity contribution is 5.79. The summed E-state index contributed by atoms with van der Waals surface area (Å²) >= 11 is 0. The first kappa shape index (κ1) is 14.3. The van der Waals surface area contributed by atoms with E-state index in [-0.39, 0.29) is 11.9 Å². The molecule has 0 spiro atoms. The lowest BCUT2D eigenvalue weighted by molar-refractivity contribution is -0.133. The second kappa shape index (κ2) is 5.48. The Hall–Kier alpha value is -2.11. The van der Waals surface area contributed by atoms with Gasteiger partial charge in [-0.1, -0.05) is 0 Å². The Bertz CT molecular complexity index is 613. The Morgan fingerprint density at radius 3 is 2.65 bits per heavy atom. The van der Waals surface area contributed by atoms with Crippen molar-refractivity contribution in [2.24, 2.45) is 0 Å². The summed E-state index contributed by atoms with van der Waals surface area (Å²) < 4.78 is 1.77. The van der Waals surface area contributed by atoms with Gasteiger partial charge >= 0.3 is 0 Å². The van der Waals surface area contributed by atoms with Crippen molar-refractivity contribution in [1.29, 1.82) is 0 Å². The SMILES string of the molecule is Cc1cc(C)n(C(C)C(=O)N(C)Cc2ncc(C)[nH]2)n1. The van der Waals surface area contributed by atoms with Crippen molar-refractivity contribution >= 4 is 5.91 Å². The van der Waals surface area contributed by atoms with Crippen LogP contribution in [0.2, 0.25) is 0 Å². The number of aromatic amines is 1. The Morgan fingerprint density at radius 1 is 1.45 bits per heavy atom. The van der Waals surface area contributed by atoms with E-state index in [1.165, 1.54) is 0 Å². The van der Waals surface area contributed by atoms with E-state index in [4.69, 9.17) is 0 Å². The van der Waals surface area contributed by atoms with Gasteiger partial charge in [-0.05, 0) is 33.8 Å². The first-order valence-electron chi connectivity index (χ1n) is 6.66. The van der Waals surface area contributed by atoms with Gasteiger partial charge < -0.3 is 9.88 Å². The van der Waals surface area contributed by atoms with Gasteiger partial charge in [0.25, 0.3) is 0 Å². The average molecular weight is 275 g/mol. The highest BCUT2D eigenvalue weighted by Crippen LogP contribution is 2.14. The fraction of sp³-hybridized carbons (Fsp3) is 0.500. The van der Waals surface area contributed by atoms with E-state index < -0.39 is 0 Å². The molecule has 1 atom stereocenters. The number of H-pyrrole nitrogens is 1. The summed E-state index contributed by atoms with van der Waals surface area (Å²) in [7, 11) is 1.78. The zero-order valence-corrected chi connectivity index (χ0v) is 12.6. The molecule has 6 nitrogen and oxygen atoms in total. The number of imidazole rings is 1. The second-order valence-electron chi connectivity index (χ2n) is 5.25. The fourth-order valence-corrected chi connectivity index (χ4v) is 2.31. The highest BCUT2D eigenvalue weighted by atomic mass is 16.2. The van der Waals surface area contributed by atoms with Gasteiger partial charge in [-0.2, -0.15) is 5.10 Å². The summed E-state index contributed by atoms with van der Waals surface area (Å²) in [6.45, 7) is 8.16. The largest absolute Gasteiger partial charge is 0.345 e. The van der Waals surface area contributed by atoms with Crippen LogP contribution in [0.3, 0.4) is 0 Å². The van der Waals surface area contributed by atoms with Crippen LogP contribution in [0.15, 0.2) is 12.3 Å². The maximum atomic E-state index is 12.4. The maximum absolute atomic E-state index is 12.4.